The molecule has 1 N–H and O–H groups in total. The highest BCUT2D eigenvalue weighted by atomic mass is 35.5. The predicted octanol–water partition coefficient (Wildman–Crippen LogP) is 3.11. The Kier molecular flexibility index (Phi) is 4.55. The lowest BCUT2D eigenvalue weighted by Crippen LogP contribution is -2.20. The highest BCUT2D eigenvalue weighted by molar-refractivity contribution is 6.33. The molecule has 2 aromatic heterocycles. The first-order valence-corrected chi connectivity index (χ1v) is 8.52. The maximum atomic E-state index is 13.8. The minimum absolute atomic E-state index is 0.0307. The lowest BCUT2D eigenvalue weighted by Gasteiger charge is -2.04. The molecule has 2 aromatic carbocycles. The predicted molar refractivity (Wildman–Crippen MR) is 98.9 cm³/mol. The van der Waals surface area contributed by atoms with Gasteiger partial charge in [0, 0.05) is 11.8 Å². The van der Waals surface area contributed by atoms with Gasteiger partial charge in [-0.05, 0) is 18.2 Å². The number of amides is 1. The first-order valence-electron chi connectivity index (χ1n) is 8.14. The van der Waals surface area contributed by atoms with Gasteiger partial charge in [-0.25, -0.2) is 9.07 Å². The number of benzene rings is 2. The van der Waals surface area contributed by atoms with Crippen LogP contribution in [0.1, 0.15) is 5.56 Å². The Bertz CT molecular complexity index is 1120. The number of rotatable bonds is 5. The van der Waals surface area contributed by atoms with Gasteiger partial charge in [-0.15, -0.1) is 5.10 Å². The minimum Gasteiger partial charge on any atom is -0.306 e. The van der Waals surface area contributed by atoms with Crippen LogP contribution in [-0.4, -0.2) is 30.7 Å². The summed E-state index contributed by atoms with van der Waals surface area (Å²) in [6, 6.07) is 13.8. The molecule has 2 heterocycles. The fraction of sp³-hybridized carbons (Fsp3) is 0.111. The Morgan fingerprint density at radius 2 is 1.93 bits per heavy atom. The van der Waals surface area contributed by atoms with Crippen LogP contribution in [0.2, 0.25) is 5.02 Å². The van der Waals surface area contributed by atoms with E-state index in [0.29, 0.717) is 11.1 Å². The van der Waals surface area contributed by atoms with E-state index in [-0.39, 0.29) is 35.7 Å². The van der Waals surface area contributed by atoms with Gasteiger partial charge in [0.25, 0.3) is 0 Å². The molecule has 0 aliphatic rings. The summed E-state index contributed by atoms with van der Waals surface area (Å²) >= 11 is 6.15. The SMILES string of the molecule is O=C(Cn1nnc2ccccc21)Nc1nn(Cc2ccccc2F)cc1Cl. The molecule has 27 heavy (non-hydrogen) atoms. The fourth-order valence-corrected chi connectivity index (χ4v) is 2.90. The van der Waals surface area contributed by atoms with Crippen LogP contribution in [0.25, 0.3) is 11.0 Å². The maximum absolute atomic E-state index is 13.8. The van der Waals surface area contributed by atoms with Crippen LogP contribution in [-0.2, 0) is 17.9 Å². The van der Waals surface area contributed by atoms with E-state index in [1.54, 1.807) is 18.2 Å². The number of nitrogens with one attached hydrogen (secondary N) is 1. The summed E-state index contributed by atoms with van der Waals surface area (Å²) in [4.78, 5) is 12.3. The molecule has 0 radical (unpaired) electrons. The normalized spacial score (nSPS) is 11.0. The van der Waals surface area contributed by atoms with E-state index in [0.717, 1.165) is 5.52 Å². The van der Waals surface area contributed by atoms with Gasteiger partial charge in [0.2, 0.25) is 5.91 Å². The smallest absolute Gasteiger partial charge is 0.247 e. The van der Waals surface area contributed by atoms with Gasteiger partial charge in [0.1, 0.15) is 22.9 Å². The number of carbonyl (C=O) groups is 1. The van der Waals surface area contributed by atoms with Gasteiger partial charge in [0.15, 0.2) is 5.82 Å². The second-order valence-corrected chi connectivity index (χ2v) is 6.31. The molecule has 0 bridgehead atoms. The molecule has 136 valence electrons. The quantitative estimate of drug-likeness (QED) is 0.573. The molecular formula is C18H14ClFN6O. The van der Waals surface area contributed by atoms with Crippen LogP contribution in [0.3, 0.4) is 0 Å². The molecule has 0 fully saturated rings. The summed E-state index contributed by atoms with van der Waals surface area (Å²) in [7, 11) is 0. The lowest BCUT2D eigenvalue weighted by molar-refractivity contribution is -0.116. The lowest BCUT2D eigenvalue weighted by atomic mass is 10.2. The average molecular weight is 385 g/mol. The van der Waals surface area contributed by atoms with Crippen molar-refractivity contribution in [3.05, 3.63) is 71.1 Å². The van der Waals surface area contributed by atoms with Crippen molar-refractivity contribution in [3.8, 4) is 0 Å². The summed E-state index contributed by atoms with van der Waals surface area (Å²) in [6.45, 7) is 0.174. The summed E-state index contributed by atoms with van der Waals surface area (Å²) in [5, 5.41) is 15.1. The van der Waals surface area contributed by atoms with E-state index in [2.05, 4.69) is 20.7 Å². The van der Waals surface area contributed by atoms with E-state index >= 15 is 0 Å². The third kappa shape index (κ3) is 3.65. The summed E-state index contributed by atoms with van der Waals surface area (Å²) < 4.78 is 16.7. The number of anilines is 1. The number of hydrogen-bond donors (Lipinski definition) is 1. The van der Waals surface area contributed by atoms with Gasteiger partial charge < -0.3 is 5.32 Å². The zero-order valence-electron chi connectivity index (χ0n) is 14.0. The Hall–Kier alpha value is -3.26. The van der Waals surface area contributed by atoms with Crippen molar-refractivity contribution in [1.29, 1.82) is 0 Å². The van der Waals surface area contributed by atoms with Crippen molar-refractivity contribution in [1.82, 2.24) is 24.8 Å². The number of aromatic nitrogens is 5. The molecule has 7 nitrogen and oxygen atoms in total. The Morgan fingerprint density at radius 1 is 1.15 bits per heavy atom. The first kappa shape index (κ1) is 17.2. The molecule has 0 unspecified atom stereocenters. The highest BCUT2D eigenvalue weighted by Crippen LogP contribution is 2.21. The van der Waals surface area contributed by atoms with Crippen molar-refractivity contribution in [3.63, 3.8) is 0 Å². The van der Waals surface area contributed by atoms with Crippen LogP contribution in [0.15, 0.2) is 54.7 Å². The number of hydrogen-bond acceptors (Lipinski definition) is 4. The molecule has 0 atom stereocenters. The van der Waals surface area contributed by atoms with Gasteiger partial charge in [-0.1, -0.05) is 47.1 Å². The molecule has 0 saturated carbocycles. The molecule has 0 aliphatic carbocycles. The van der Waals surface area contributed by atoms with E-state index in [1.807, 2.05) is 24.3 Å². The Balaban J connectivity index is 1.47. The van der Waals surface area contributed by atoms with Crippen LogP contribution in [0.5, 0.6) is 0 Å². The summed E-state index contributed by atoms with van der Waals surface area (Å²) in [5.41, 5.74) is 1.94. The maximum Gasteiger partial charge on any atom is 0.247 e. The average Bonchev–Trinajstić information content (AvgIpc) is 3.21. The molecule has 1 amide bonds. The second kappa shape index (κ2) is 7.16. The van der Waals surface area contributed by atoms with Crippen molar-refractivity contribution in [2.75, 3.05) is 5.32 Å². The number of nitrogens with zero attached hydrogens (tertiary/aromatic N) is 5. The van der Waals surface area contributed by atoms with Gasteiger partial charge in [-0.2, -0.15) is 5.10 Å². The van der Waals surface area contributed by atoms with Crippen molar-refractivity contribution < 1.29 is 9.18 Å². The van der Waals surface area contributed by atoms with Crippen LogP contribution in [0, 0.1) is 5.82 Å². The summed E-state index contributed by atoms with van der Waals surface area (Å²) in [6.07, 6.45) is 1.54. The second-order valence-electron chi connectivity index (χ2n) is 5.90. The molecule has 4 rings (SSSR count). The van der Waals surface area contributed by atoms with Gasteiger partial charge in [0.05, 0.1) is 12.1 Å². The molecule has 4 aromatic rings. The van der Waals surface area contributed by atoms with Crippen molar-refractivity contribution in [2.24, 2.45) is 0 Å². The third-order valence-electron chi connectivity index (χ3n) is 3.98. The van der Waals surface area contributed by atoms with Crippen LogP contribution < -0.4 is 5.32 Å². The van der Waals surface area contributed by atoms with Gasteiger partial charge in [-0.3, -0.25) is 9.48 Å². The monoisotopic (exact) mass is 384 g/mol. The summed E-state index contributed by atoms with van der Waals surface area (Å²) in [5.74, 6) is -0.459. The van der Waals surface area contributed by atoms with Crippen LogP contribution >= 0.6 is 11.6 Å². The first-order chi connectivity index (χ1) is 13.1. The van der Waals surface area contributed by atoms with Gasteiger partial charge >= 0.3 is 0 Å². The minimum atomic E-state index is -0.344. The molecule has 9 heteroatoms. The number of halogens is 2. The number of para-hydroxylation sites is 1. The van der Waals surface area contributed by atoms with Crippen molar-refractivity contribution >= 4 is 34.4 Å². The van der Waals surface area contributed by atoms with E-state index in [4.69, 9.17) is 11.6 Å². The zero-order chi connectivity index (χ0) is 18.8. The Labute approximate surface area is 158 Å². The van der Waals surface area contributed by atoms with Crippen molar-refractivity contribution in [2.45, 2.75) is 13.1 Å². The Morgan fingerprint density at radius 3 is 2.78 bits per heavy atom. The highest BCUT2D eigenvalue weighted by Gasteiger charge is 2.14. The fourth-order valence-electron chi connectivity index (χ4n) is 2.71. The number of fused-ring (bicyclic) bond motifs is 1. The molecule has 0 saturated heterocycles. The topological polar surface area (TPSA) is 77.6 Å². The number of carbonyl (C=O) groups excluding carboxylic acids is 1. The zero-order valence-corrected chi connectivity index (χ0v) is 14.8. The standard InChI is InChI=1S/C18H14ClFN6O/c19-13-10-25(9-12-5-1-2-6-14(12)20)23-18(13)21-17(27)11-26-16-8-4-3-7-15(16)22-24-26/h1-8,10H,9,11H2,(H,21,23,27). The third-order valence-corrected chi connectivity index (χ3v) is 4.26. The molecule has 0 aliphatic heterocycles. The molecular weight excluding hydrogens is 371 g/mol. The van der Waals surface area contributed by atoms with Crippen LogP contribution in [0.4, 0.5) is 10.2 Å². The van der Waals surface area contributed by atoms with E-state index in [1.165, 1.54) is 21.6 Å². The molecule has 0 spiro atoms. The van der Waals surface area contributed by atoms with E-state index < -0.39 is 0 Å². The largest absolute Gasteiger partial charge is 0.306 e. The van der Waals surface area contributed by atoms with E-state index in [9.17, 15) is 9.18 Å².